The highest BCUT2D eigenvalue weighted by molar-refractivity contribution is 5.80. The maximum absolute atomic E-state index is 12.1. The number of nitro groups is 1. The molecule has 1 aliphatic heterocycles. The van der Waals surface area contributed by atoms with Crippen LogP contribution in [-0.2, 0) is 11.2 Å². The summed E-state index contributed by atoms with van der Waals surface area (Å²) < 4.78 is 0. The molecule has 1 aromatic carbocycles. The molecule has 1 saturated heterocycles. The van der Waals surface area contributed by atoms with Crippen molar-refractivity contribution in [3.8, 4) is 0 Å². The SMILES string of the molecule is CC1CN(C(=O)Cc2ccccc2[N+](=O)[O-])CC1O. The number of likely N-dealkylation sites (tertiary alicyclic amines) is 1. The standard InChI is InChI=1S/C13H16N2O4/c1-9-7-14(8-12(9)16)13(17)6-10-4-2-3-5-11(10)15(18)19/h2-5,9,12,16H,6-8H2,1H3. The lowest BCUT2D eigenvalue weighted by Gasteiger charge is -2.15. The molecule has 0 radical (unpaired) electrons. The van der Waals surface area contributed by atoms with Gasteiger partial charge in [-0.3, -0.25) is 14.9 Å². The van der Waals surface area contributed by atoms with E-state index >= 15 is 0 Å². The molecule has 0 bridgehead atoms. The molecule has 1 heterocycles. The van der Waals surface area contributed by atoms with Gasteiger partial charge in [-0.1, -0.05) is 25.1 Å². The van der Waals surface area contributed by atoms with Gasteiger partial charge in [0, 0.05) is 30.6 Å². The second-order valence-electron chi connectivity index (χ2n) is 4.91. The lowest BCUT2D eigenvalue weighted by molar-refractivity contribution is -0.385. The zero-order valence-electron chi connectivity index (χ0n) is 10.7. The Bertz CT molecular complexity index is 493. The van der Waals surface area contributed by atoms with Gasteiger partial charge in [-0.2, -0.15) is 0 Å². The van der Waals surface area contributed by atoms with Crippen molar-refractivity contribution in [3.63, 3.8) is 0 Å². The van der Waals surface area contributed by atoms with Gasteiger partial charge in [0.05, 0.1) is 17.4 Å². The Kier molecular flexibility index (Phi) is 3.80. The number of β-amino-alcohol motifs (C(OH)–C–C–N with tert-alkyl or cyclic N) is 1. The van der Waals surface area contributed by atoms with E-state index in [1.54, 1.807) is 23.1 Å². The number of benzene rings is 1. The predicted octanol–water partition coefficient (Wildman–Crippen LogP) is 0.976. The molecule has 102 valence electrons. The molecule has 2 atom stereocenters. The van der Waals surface area contributed by atoms with Crippen LogP contribution in [0.4, 0.5) is 5.69 Å². The van der Waals surface area contributed by atoms with E-state index in [9.17, 15) is 20.0 Å². The summed E-state index contributed by atoms with van der Waals surface area (Å²) >= 11 is 0. The minimum absolute atomic E-state index is 0.00338. The lowest BCUT2D eigenvalue weighted by atomic mass is 10.1. The van der Waals surface area contributed by atoms with Gasteiger partial charge in [-0.25, -0.2) is 0 Å². The molecule has 1 aliphatic rings. The number of nitrogens with zero attached hydrogens (tertiary/aromatic N) is 2. The first-order valence-electron chi connectivity index (χ1n) is 6.17. The van der Waals surface area contributed by atoms with Gasteiger partial charge in [0.25, 0.3) is 5.69 Å². The van der Waals surface area contributed by atoms with E-state index in [0.29, 0.717) is 18.7 Å². The quantitative estimate of drug-likeness (QED) is 0.651. The van der Waals surface area contributed by atoms with E-state index in [1.807, 2.05) is 6.92 Å². The Morgan fingerprint density at radius 3 is 2.74 bits per heavy atom. The summed E-state index contributed by atoms with van der Waals surface area (Å²) in [7, 11) is 0. The van der Waals surface area contributed by atoms with Crippen LogP contribution < -0.4 is 0 Å². The zero-order chi connectivity index (χ0) is 14.0. The summed E-state index contributed by atoms with van der Waals surface area (Å²) in [5.74, 6) is -0.132. The van der Waals surface area contributed by atoms with Crippen molar-refractivity contribution in [2.45, 2.75) is 19.4 Å². The zero-order valence-corrected chi connectivity index (χ0v) is 10.7. The Balaban J connectivity index is 2.10. The summed E-state index contributed by atoms with van der Waals surface area (Å²) in [5, 5.41) is 20.5. The monoisotopic (exact) mass is 264 g/mol. The van der Waals surface area contributed by atoms with E-state index in [2.05, 4.69) is 0 Å². The molecule has 2 unspecified atom stereocenters. The Hall–Kier alpha value is -1.95. The van der Waals surface area contributed by atoms with Crippen LogP contribution in [0.1, 0.15) is 12.5 Å². The number of hydrogen-bond acceptors (Lipinski definition) is 4. The smallest absolute Gasteiger partial charge is 0.273 e. The van der Waals surface area contributed by atoms with Gasteiger partial charge in [-0.15, -0.1) is 0 Å². The Morgan fingerprint density at radius 2 is 2.16 bits per heavy atom. The number of carbonyl (C=O) groups is 1. The molecule has 6 nitrogen and oxygen atoms in total. The first kappa shape index (κ1) is 13.5. The molecule has 0 spiro atoms. The maximum Gasteiger partial charge on any atom is 0.273 e. The van der Waals surface area contributed by atoms with Crippen LogP contribution in [0.25, 0.3) is 0 Å². The van der Waals surface area contributed by atoms with Crippen molar-refractivity contribution in [1.29, 1.82) is 0 Å². The average Bonchev–Trinajstić information content (AvgIpc) is 2.70. The Morgan fingerprint density at radius 1 is 1.47 bits per heavy atom. The summed E-state index contributed by atoms with van der Waals surface area (Å²) in [4.78, 5) is 24.0. The maximum atomic E-state index is 12.1. The van der Waals surface area contributed by atoms with Gasteiger partial charge in [0.15, 0.2) is 0 Å². The molecule has 0 aliphatic carbocycles. The van der Waals surface area contributed by atoms with Gasteiger partial charge in [-0.05, 0) is 0 Å². The first-order valence-corrected chi connectivity index (χ1v) is 6.17. The molecule has 1 aromatic rings. The number of aliphatic hydroxyl groups is 1. The number of nitro benzene ring substituents is 1. The molecular weight excluding hydrogens is 248 g/mol. The molecule has 1 amide bonds. The summed E-state index contributed by atoms with van der Waals surface area (Å²) in [5.41, 5.74) is 0.371. The van der Waals surface area contributed by atoms with E-state index < -0.39 is 11.0 Å². The van der Waals surface area contributed by atoms with Gasteiger partial charge in [0.2, 0.25) is 5.91 Å². The van der Waals surface area contributed by atoms with Crippen LogP contribution in [-0.4, -0.2) is 40.0 Å². The van der Waals surface area contributed by atoms with Crippen molar-refractivity contribution in [2.24, 2.45) is 5.92 Å². The molecule has 2 rings (SSSR count). The molecule has 0 saturated carbocycles. The number of rotatable bonds is 3. The number of amides is 1. The Labute approximate surface area is 110 Å². The normalized spacial score (nSPS) is 22.5. The van der Waals surface area contributed by atoms with Crippen molar-refractivity contribution in [3.05, 3.63) is 39.9 Å². The fourth-order valence-corrected chi connectivity index (χ4v) is 2.27. The van der Waals surface area contributed by atoms with Gasteiger partial charge < -0.3 is 10.0 Å². The second kappa shape index (κ2) is 5.36. The second-order valence-corrected chi connectivity index (χ2v) is 4.91. The number of aliphatic hydroxyl groups excluding tert-OH is 1. The van der Waals surface area contributed by atoms with Crippen LogP contribution in [0.2, 0.25) is 0 Å². The third-order valence-corrected chi connectivity index (χ3v) is 3.46. The van der Waals surface area contributed by atoms with Crippen LogP contribution in [0.3, 0.4) is 0 Å². The van der Waals surface area contributed by atoms with Crippen LogP contribution in [0.15, 0.2) is 24.3 Å². The molecule has 19 heavy (non-hydrogen) atoms. The van der Waals surface area contributed by atoms with Gasteiger partial charge >= 0.3 is 0 Å². The molecule has 6 heteroatoms. The minimum atomic E-state index is -0.505. The largest absolute Gasteiger partial charge is 0.391 e. The minimum Gasteiger partial charge on any atom is -0.391 e. The molecule has 1 N–H and O–H groups in total. The third-order valence-electron chi connectivity index (χ3n) is 3.46. The van der Waals surface area contributed by atoms with E-state index in [-0.39, 0.29) is 23.9 Å². The van der Waals surface area contributed by atoms with E-state index in [0.717, 1.165) is 0 Å². The predicted molar refractivity (Wildman–Crippen MR) is 68.6 cm³/mol. The number of para-hydroxylation sites is 1. The van der Waals surface area contributed by atoms with Crippen LogP contribution in [0, 0.1) is 16.0 Å². The molecule has 0 aromatic heterocycles. The highest BCUT2D eigenvalue weighted by Crippen LogP contribution is 2.21. The lowest BCUT2D eigenvalue weighted by Crippen LogP contribution is -2.31. The van der Waals surface area contributed by atoms with Crippen LogP contribution >= 0.6 is 0 Å². The van der Waals surface area contributed by atoms with Crippen LogP contribution in [0.5, 0.6) is 0 Å². The van der Waals surface area contributed by atoms with Crippen molar-refractivity contribution >= 4 is 11.6 Å². The summed E-state index contributed by atoms with van der Waals surface area (Å²) in [6, 6.07) is 6.24. The van der Waals surface area contributed by atoms with Crippen molar-refractivity contribution in [1.82, 2.24) is 4.90 Å². The third kappa shape index (κ3) is 2.90. The number of carbonyl (C=O) groups excluding carboxylic acids is 1. The fourth-order valence-electron chi connectivity index (χ4n) is 2.27. The first-order chi connectivity index (χ1) is 8.99. The average molecular weight is 264 g/mol. The summed E-state index contributed by atoms with van der Waals surface area (Å²) in [6.45, 7) is 2.68. The highest BCUT2D eigenvalue weighted by atomic mass is 16.6. The fraction of sp³-hybridized carbons (Fsp3) is 0.462. The van der Waals surface area contributed by atoms with Gasteiger partial charge in [0.1, 0.15) is 0 Å². The molecular formula is C13H16N2O4. The topological polar surface area (TPSA) is 83.7 Å². The van der Waals surface area contributed by atoms with E-state index in [1.165, 1.54) is 6.07 Å². The number of hydrogen-bond donors (Lipinski definition) is 1. The summed E-state index contributed by atoms with van der Waals surface area (Å²) in [6.07, 6.45) is -0.508. The highest BCUT2D eigenvalue weighted by Gasteiger charge is 2.31. The van der Waals surface area contributed by atoms with Crippen molar-refractivity contribution < 1.29 is 14.8 Å². The van der Waals surface area contributed by atoms with E-state index in [4.69, 9.17) is 0 Å². The molecule has 1 fully saturated rings. The van der Waals surface area contributed by atoms with Crippen molar-refractivity contribution in [2.75, 3.05) is 13.1 Å².